The Hall–Kier alpha value is -5.91. The van der Waals surface area contributed by atoms with Gasteiger partial charge in [-0.1, -0.05) is 115 Å². The first-order chi connectivity index (χ1) is 30.6. The van der Waals surface area contributed by atoms with E-state index in [1.165, 1.54) is 44.5 Å². The minimum absolute atomic E-state index is 0.723. The van der Waals surface area contributed by atoms with E-state index in [1.54, 1.807) is 0 Å². The highest BCUT2D eigenvalue weighted by Gasteiger charge is 2.05. The summed E-state index contributed by atoms with van der Waals surface area (Å²) in [5, 5.41) is 20.5. The molecule has 7 aromatic rings. The molecule has 62 heavy (non-hydrogen) atoms. The van der Waals surface area contributed by atoms with Gasteiger partial charge in [-0.3, -0.25) is 15.0 Å². The molecule has 0 spiro atoms. The number of pyridine rings is 3. The fraction of sp³-hybridized carbons (Fsp3) is 0.264. The zero-order chi connectivity index (χ0) is 42.6. The van der Waals surface area contributed by atoms with E-state index in [2.05, 4.69) is 184 Å². The lowest BCUT2D eigenvalue weighted by Gasteiger charge is -2.10. The van der Waals surface area contributed by atoms with E-state index in [9.17, 15) is 0 Å². The molecule has 0 atom stereocenters. The van der Waals surface area contributed by atoms with Crippen LogP contribution in [0.4, 0.5) is 0 Å². The van der Waals surface area contributed by atoms with Crippen LogP contribution in [0.3, 0.4) is 0 Å². The number of nitrogens with zero attached hydrogens (tertiary/aromatic N) is 3. The molecule has 0 aliphatic rings. The summed E-state index contributed by atoms with van der Waals surface area (Å²) in [5.74, 6) is 0. The standard InChI is InChI=1S/C53H61N9/c1-54-34-48-6-3-8-50(60-48)36-56-30-44-20-12-40(13-21-44)28-42-16-24-46(25-17-42)32-58-38-52-10-5-11-53(62-52)39-59-33-47-26-18-43(19-27-47)29-41-14-22-45(23-15-41)31-57-37-51-9-4-7-49(61-51)35-55-2/h3-27,54-59H,28-39H2,1-2H3. The first-order valence-electron chi connectivity index (χ1n) is 21.8. The summed E-state index contributed by atoms with van der Waals surface area (Å²) in [6.45, 7) is 7.75. The topological polar surface area (TPSA) is 111 Å². The second-order valence-corrected chi connectivity index (χ2v) is 16.0. The van der Waals surface area contributed by atoms with Crippen molar-refractivity contribution in [3.8, 4) is 0 Å². The van der Waals surface area contributed by atoms with E-state index in [4.69, 9.17) is 15.0 Å². The van der Waals surface area contributed by atoms with Gasteiger partial charge in [0, 0.05) is 65.4 Å². The van der Waals surface area contributed by atoms with Crippen molar-refractivity contribution in [1.82, 2.24) is 46.9 Å². The van der Waals surface area contributed by atoms with E-state index >= 15 is 0 Å². The van der Waals surface area contributed by atoms with Crippen molar-refractivity contribution in [1.29, 1.82) is 0 Å². The predicted octanol–water partition coefficient (Wildman–Crippen LogP) is 7.65. The molecule has 0 amide bonds. The monoisotopic (exact) mass is 824 g/mol. The van der Waals surface area contributed by atoms with Crippen LogP contribution in [0.15, 0.2) is 152 Å². The van der Waals surface area contributed by atoms with Crippen LogP contribution in [0.25, 0.3) is 0 Å². The first kappa shape index (κ1) is 44.2. The van der Waals surface area contributed by atoms with Gasteiger partial charge >= 0.3 is 0 Å². The Morgan fingerprint density at radius 3 is 0.694 bits per heavy atom. The van der Waals surface area contributed by atoms with Crippen LogP contribution in [-0.2, 0) is 78.3 Å². The third-order valence-electron chi connectivity index (χ3n) is 10.8. The van der Waals surface area contributed by atoms with Crippen molar-refractivity contribution in [3.63, 3.8) is 0 Å². The average molecular weight is 824 g/mol. The van der Waals surface area contributed by atoms with Gasteiger partial charge in [0.1, 0.15) is 0 Å². The Kier molecular flexibility index (Phi) is 17.0. The van der Waals surface area contributed by atoms with E-state index in [0.29, 0.717) is 0 Å². The number of hydrogen-bond acceptors (Lipinski definition) is 9. The van der Waals surface area contributed by atoms with E-state index < -0.39 is 0 Å². The summed E-state index contributed by atoms with van der Waals surface area (Å²) in [5.41, 5.74) is 16.7. The number of aromatic nitrogens is 3. The van der Waals surface area contributed by atoms with Gasteiger partial charge in [-0.05, 0) is 108 Å². The summed E-state index contributed by atoms with van der Waals surface area (Å²) in [4.78, 5) is 14.3. The molecule has 4 aromatic carbocycles. The predicted molar refractivity (Wildman–Crippen MR) is 252 cm³/mol. The van der Waals surface area contributed by atoms with Gasteiger partial charge in [-0.25, -0.2) is 0 Å². The molecule has 0 aliphatic heterocycles. The zero-order valence-electron chi connectivity index (χ0n) is 36.3. The van der Waals surface area contributed by atoms with Crippen molar-refractivity contribution in [2.45, 2.75) is 78.3 Å². The summed E-state index contributed by atoms with van der Waals surface area (Å²) >= 11 is 0. The van der Waals surface area contributed by atoms with Crippen molar-refractivity contribution < 1.29 is 0 Å². The lowest BCUT2D eigenvalue weighted by atomic mass is 10.0. The van der Waals surface area contributed by atoms with Crippen LogP contribution in [0.5, 0.6) is 0 Å². The number of rotatable bonds is 24. The largest absolute Gasteiger partial charge is 0.314 e. The van der Waals surface area contributed by atoms with Gasteiger partial charge in [0.05, 0.1) is 34.2 Å². The van der Waals surface area contributed by atoms with Crippen LogP contribution < -0.4 is 31.9 Å². The maximum absolute atomic E-state index is 4.91. The molecule has 0 saturated heterocycles. The van der Waals surface area contributed by atoms with Crippen LogP contribution in [-0.4, -0.2) is 29.0 Å². The molecule has 0 saturated carbocycles. The van der Waals surface area contributed by atoms with Crippen LogP contribution in [0.1, 0.15) is 78.7 Å². The SMILES string of the molecule is CNCc1cccc(CNCc2ccc(Cc3ccc(CNCc4cccc(CNCc5ccc(Cc6ccc(CNCc7cccc(CNC)n7)cc6)cc5)n4)cc3)cc2)n1. The normalized spacial score (nSPS) is 11.3. The Morgan fingerprint density at radius 1 is 0.258 bits per heavy atom. The summed E-state index contributed by atoms with van der Waals surface area (Å²) < 4.78 is 0. The van der Waals surface area contributed by atoms with Crippen molar-refractivity contribution in [2.75, 3.05) is 14.1 Å². The molecule has 318 valence electrons. The Labute approximate surface area is 368 Å². The second kappa shape index (κ2) is 23.9. The number of nitrogens with one attached hydrogen (secondary N) is 6. The molecule has 0 radical (unpaired) electrons. The van der Waals surface area contributed by atoms with Crippen molar-refractivity contribution >= 4 is 0 Å². The highest BCUT2D eigenvalue weighted by Crippen LogP contribution is 2.15. The maximum Gasteiger partial charge on any atom is 0.0545 e. The summed E-state index contributed by atoms with van der Waals surface area (Å²) in [6, 6.07) is 54.4. The second-order valence-electron chi connectivity index (χ2n) is 16.0. The molecule has 0 bridgehead atoms. The molecule has 9 nitrogen and oxygen atoms in total. The fourth-order valence-electron chi connectivity index (χ4n) is 7.45. The highest BCUT2D eigenvalue weighted by molar-refractivity contribution is 5.32. The minimum Gasteiger partial charge on any atom is -0.314 e. The molecule has 9 heteroatoms. The van der Waals surface area contributed by atoms with Crippen LogP contribution in [0, 0.1) is 0 Å². The smallest absolute Gasteiger partial charge is 0.0545 e. The van der Waals surface area contributed by atoms with Crippen molar-refractivity contribution in [3.05, 3.63) is 230 Å². The first-order valence-corrected chi connectivity index (χ1v) is 21.8. The lowest BCUT2D eigenvalue weighted by Crippen LogP contribution is -2.16. The van der Waals surface area contributed by atoms with Gasteiger partial charge in [-0.2, -0.15) is 0 Å². The van der Waals surface area contributed by atoms with Crippen LogP contribution in [0.2, 0.25) is 0 Å². The molecule has 0 aliphatic carbocycles. The van der Waals surface area contributed by atoms with E-state index in [0.717, 1.165) is 112 Å². The van der Waals surface area contributed by atoms with E-state index in [1.807, 2.05) is 14.1 Å². The van der Waals surface area contributed by atoms with Gasteiger partial charge in [0.25, 0.3) is 0 Å². The average Bonchev–Trinajstić information content (AvgIpc) is 3.29. The molecule has 0 unspecified atom stereocenters. The molecular formula is C53H61N9. The Balaban J connectivity index is 0.767. The Morgan fingerprint density at radius 2 is 0.468 bits per heavy atom. The van der Waals surface area contributed by atoms with Gasteiger partial charge < -0.3 is 31.9 Å². The zero-order valence-corrected chi connectivity index (χ0v) is 36.3. The molecule has 6 N–H and O–H groups in total. The number of hydrogen-bond donors (Lipinski definition) is 6. The van der Waals surface area contributed by atoms with Gasteiger partial charge in [0.15, 0.2) is 0 Å². The molecule has 3 heterocycles. The van der Waals surface area contributed by atoms with Gasteiger partial charge in [0.2, 0.25) is 0 Å². The third-order valence-corrected chi connectivity index (χ3v) is 10.8. The summed E-state index contributed by atoms with van der Waals surface area (Å²) in [6.07, 6.45) is 1.84. The summed E-state index contributed by atoms with van der Waals surface area (Å²) in [7, 11) is 3.89. The highest BCUT2D eigenvalue weighted by atomic mass is 14.9. The fourth-order valence-corrected chi connectivity index (χ4v) is 7.45. The quantitative estimate of drug-likeness (QED) is 0.0367. The lowest BCUT2D eigenvalue weighted by molar-refractivity contribution is 0.655. The molecule has 0 fully saturated rings. The minimum atomic E-state index is 0.723. The molecular weight excluding hydrogens is 763 g/mol. The molecule has 3 aromatic heterocycles. The van der Waals surface area contributed by atoms with Gasteiger partial charge in [-0.15, -0.1) is 0 Å². The van der Waals surface area contributed by atoms with Crippen molar-refractivity contribution in [2.24, 2.45) is 0 Å². The van der Waals surface area contributed by atoms with Crippen LogP contribution >= 0.6 is 0 Å². The molecule has 7 rings (SSSR count). The Bertz CT molecular complexity index is 2210. The maximum atomic E-state index is 4.91. The van der Waals surface area contributed by atoms with E-state index in [-0.39, 0.29) is 0 Å². The number of benzene rings is 4. The third kappa shape index (κ3) is 14.6.